The molecule has 1 N–H and O–H groups in total. The summed E-state index contributed by atoms with van der Waals surface area (Å²) in [6.07, 6.45) is 0.836. The van der Waals surface area contributed by atoms with Crippen LogP contribution < -0.4 is 10.1 Å². The van der Waals surface area contributed by atoms with Crippen LogP contribution in [0.15, 0.2) is 6.07 Å². The molecule has 19 heavy (non-hydrogen) atoms. The molecule has 1 aromatic carbocycles. The smallest absolute Gasteiger partial charge is 0.203 e. The molecule has 1 aliphatic heterocycles. The quantitative estimate of drug-likeness (QED) is 0.674. The van der Waals surface area contributed by atoms with Crippen molar-refractivity contribution in [3.63, 3.8) is 0 Å². The van der Waals surface area contributed by atoms with E-state index in [1.807, 2.05) is 0 Å². The molecule has 0 bridgehead atoms. The highest BCUT2D eigenvalue weighted by Gasteiger charge is 2.29. The Morgan fingerprint density at radius 1 is 1.26 bits per heavy atom. The monoisotopic (exact) mass is 277 g/mol. The van der Waals surface area contributed by atoms with Crippen LogP contribution in [0.25, 0.3) is 0 Å². The summed E-state index contributed by atoms with van der Waals surface area (Å²) in [5.41, 5.74) is 0. The lowest BCUT2D eigenvalue weighted by Gasteiger charge is -2.23. The molecule has 0 aromatic heterocycles. The summed E-state index contributed by atoms with van der Waals surface area (Å²) in [5.74, 6) is -6.75. The summed E-state index contributed by atoms with van der Waals surface area (Å²) in [5, 5.41) is 3.11. The Hall–Kier alpha value is -1.30. The molecule has 0 radical (unpaired) electrons. The van der Waals surface area contributed by atoms with Gasteiger partial charge in [-0.05, 0) is 19.4 Å². The third-order valence-corrected chi connectivity index (χ3v) is 3.37. The second-order valence-electron chi connectivity index (χ2n) is 4.61. The summed E-state index contributed by atoms with van der Waals surface area (Å²) in [7, 11) is 0. The molecule has 0 spiro atoms. The van der Waals surface area contributed by atoms with Gasteiger partial charge in [-0.1, -0.05) is 6.92 Å². The third kappa shape index (κ3) is 2.83. The van der Waals surface area contributed by atoms with E-state index in [0.29, 0.717) is 13.0 Å². The van der Waals surface area contributed by atoms with Crippen molar-refractivity contribution < 1.29 is 22.3 Å². The predicted molar refractivity (Wildman–Crippen MR) is 62.0 cm³/mol. The predicted octanol–water partition coefficient (Wildman–Crippen LogP) is 3.01. The molecule has 106 valence electrons. The molecule has 1 aliphatic rings. The van der Waals surface area contributed by atoms with Crippen LogP contribution in [0.2, 0.25) is 0 Å². The normalized spacial score (nSPS) is 20.6. The van der Waals surface area contributed by atoms with E-state index < -0.39 is 35.1 Å². The molecule has 0 aliphatic carbocycles. The summed E-state index contributed by atoms with van der Waals surface area (Å²) >= 11 is 0. The molecular formula is C13H15F4NO. The molecule has 1 aromatic rings. The molecule has 0 unspecified atom stereocenters. The van der Waals surface area contributed by atoms with Crippen LogP contribution in [-0.4, -0.2) is 19.2 Å². The zero-order valence-corrected chi connectivity index (χ0v) is 10.5. The Bertz CT molecular complexity index is 434. The molecular weight excluding hydrogens is 262 g/mol. The second kappa shape index (κ2) is 5.77. The van der Waals surface area contributed by atoms with Gasteiger partial charge in [0.2, 0.25) is 11.6 Å². The first kappa shape index (κ1) is 14.1. The number of rotatable bonds is 4. The molecule has 1 saturated heterocycles. The van der Waals surface area contributed by atoms with Gasteiger partial charge in [-0.15, -0.1) is 0 Å². The molecule has 1 fully saturated rings. The van der Waals surface area contributed by atoms with E-state index >= 15 is 0 Å². The van der Waals surface area contributed by atoms with Crippen molar-refractivity contribution >= 4 is 0 Å². The first-order chi connectivity index (χ1) is 9.04. The van der Waals surface area contributed by atoms with E-state index in [-0.39, 0.29) is 12.0 Å². The van der Waals surface area contributed by atoms with Gasteiger partial charge in [0.15, 0.2) is 17.4 Å². The zero-order valence-electron chi connectivity index (χ0n) is 10.5. The lowest BCUT2D eigenvalue weighted by atomic mass is 9.99. The minimum absolute atomic E-state index is 0.0788. The van der Waals surface area contributed by atoms with Crippen LogP contribution in [0.3, 0.4) is 0 Å². The van der Waals surface area contributed by atoms with E-state index in [2.05, 4.69) is 5.32 Å². The number of halogens is 4. The van der Waals surface area contributed by atoms with Crippen LogP contribution in [-0.2, 0) is 0 Å². The van der Waals surface area contributed by atoms with Gasteiger partial charge in [-0.3, -0.25) is 0 Å². The van der Waals surface area contributed by atoms with Gasteiger partial charge >= 0.3 is 0 Å². The first-order valence-corrected chi connectivity index (χ1v) is 6.25. The van der Waals surface area contributed by atoms with Gasteiger partial charge in [0.1, 0.15) is 6.10 Å². The fraction of sp³-hybridized carbons (Fsp3) is 0.538. The fourth-order valence-corrected chi connectivity index (χ4v) is 2.31. The average Bonchev–Trinajstić information content (AvgIpc) is 2.91. The maximum Gasteiger partial charge on any atom is 0.203 e. The third-order valence-electron chi connectivity index (χ3n) is 3.37. The molecule has 2 rings (SSSR count). The fourth-order valence-electron chi connectivity index (χ4n) is 2.31. The van der Waals surface area contributed by atoms with E-state index in [9.17, 15) is 17.6 Å². The zero-order chi connectivity index (χ0) is 14.0. The van der Waals surface area contributed by atoms with E-state index in [1.165, 1.54) is 0 Å². The highest BCUT2D eigenvalue weighted by Crippen LogP contribution is 2.30. The molecule has 1 heterocycles. The molecule has 2 nitrogen and oxygen atoms in total. The number of hydrogen-bond acceptors (Lipinski definition) is 2. The second-order valence-corrected chi connectivity index (χ2v) is 4.61. The molecule has 0 saturated carbocycles. The van der Waals surface area contributed by atoms with Crippen LogP contribution in [0.1, 0.15) is 19.8 Å². The summed E-state index contributed by atoms with van der Waals surface area (Å²) < 4.78 is 58.4. The largest absolute Gasteiger partial charge is 0.484 e. The van der Waals surface area contributed by atoms with Crippen LogP contribution in [0, 0.1) is 29.2 Å². The summed E-state index contributed by atoms with van der Waals surface area (Å²) in [6, 6.07) is 0.176. The Labute approximate surface area is 108 Å². The topological polar surface area (TPSA) is 21.3 Å². The lowest BCUT2D eigenvalue weighted by molar-refractivity contribution is 0.123. The van der Waals surface area contributed by atoms with Crippen LogP contribution in [0.5, 0.6) is 5.75 Å². The average molecular weight is 277 g/mol. The Morgan fingerprint density at radius 2 is 1.89 bits per heavy atom. The minimum Gasteiger partial charge on any atom is -0.484 e. The van der Waals surface area contributed by atoms with E-state index in [4.69, 9.17) is 4.74 Å². The standard InChI is InChI=1S/C13H15F4NO/c1-2-10(7-3-4-18-6-7)19-13-11(16)8(14)5-9(15)12(13)17/h5,7,10,18H,2-4,6H2,1H3/t7-,10-/m0/s1. The summed E-state index contributed by atoms with van der Waals surface area (Å²) in [4.78, 5) is 0. The summed E-state index contributed by atoms with van der Waals surface area (Å²) in [6.45, 7) is 3.26. The number of nitrogens with one attached hydrogen (secondary N) is 1. The number of ether oxygens (including phenoxy) is 1. The van der Waals surface area contributed by atoms with E-state index in [0.717, 1.165) is 13.0 Å². The molecule has 6 heteroatoms. The van der Waals surface area contributed by atoms with Crippen molar-refractivity contribution in [2.45, 2.75) is 25.9 Å². The van der Waals surface area contributed by atoms with Gasteiger partial charge in [-0.2, -0.15) is 8.78 Å². The maximum absolute atomic E-state index is 13.5. The van der Waals surface area contributed by atoms with Crippen molar-refractivity contribution in [2.75, 3.05) is 13.1 Å². The van der Waals surface area contributed by atoms with Crippen molar-refractivity contribution in [1.29, 1.82) is 0 Å². The van der Waals surface area contributed by atoms with Crippen molar-refractivity contribution in [2.24, 2.45) is 5.92 Å². The first-order valence-electron chi connectivity index (χ1n) is 6.25. The molecule has 0 amide bonds. The highest BCUT2D eigenvalue weighted by atomic mass is 19.2. The Morgan fingerprint density at radius 3 is 2.37 bits per heavy atom. The van der Waals surface area contributed by atoms with Gasteiger partial charge in [0, 0.05) is 18.5 Å². The van der Waals surface area contributed by atoms with Crippen molar-refractivity contribution in [3.8, 4) is 5.75 Å². The van der Waals surface area contributed by atoms with Crippen molar-refractivity contribution in [3.05, 3.63) is 29.3 Å². The van der Waals surface area contributed by atoms with Gasteiger partial charge in [0.05, 0.1) is 0 Å². The van der Waals surface area contributed by atoms with Gasteiger partial charge in [-0.25, -0.2) is 8.78 Å². The minimum atomic E-state index is -1.48. The Kier molecular flexibility index (Phi) is 4.29. The highest BCUT2D eigenvalue weighted by molar-refractivity contribution is 5.29. The number of hydrogen-bond donors (Lipinski definition) is 1. The van der Waals surface area contributed by atoms with Gasteiger partial charge in [0.25, 0.3) is 0 Å². The van der Waals surface area contributed by atoms with Crippen LogP contribution >= 0.6 is 0 Å². The van der Waals surface area contributed by atoms with E-state index in [1.54, 1.807) is 6.92 Å². The number of benzene rings is 1. The SMILES string of the molecule is CC[C@H](Oc1c(F)c(F)cc(F)c1F)[C@H]1CCNC1. The Balaban J connectivity index is 2.26. The van der Waals surface area contributed by atoms with Crippen molar-refractivity contribution in [1.82, 2.24) is 5.32 Å². The molecule has 2 atom stereocenters. The maximum atomic E-state index is 13.5. The lowest BCUT2D eigenvalue weighted by Crippen LogP contribution is -2.29. The van der Waals surface area contributed by atoms with Crippen LogP contribution in [0.4, 0.5) is 17.6 Å². The van der Waals surface area contributed by atoms with Gasteiger partial charge < -0.3 is 10.1 Å².